The molecule has 0 spiro atoms. The van der Waals surface area contributed by atoms with E-state index in [0.29, 0.717) is 20.7 Å². The van der Waals surface area contributed by atoms with Crippen molar-refractivity contribution in [3.8, 4) is 5.75 Å². The molecule has 5 nitrogen and oxygen atoms in total. The zero-order valence-corrected chi connectivity index (χ0v) is 15.1. The molecule has 0 atom stereocenters. The molecule has 0 aliphatic heterocycles. The van der Waals surface area contributed by atoms with Crippen molar-refractivity contribution in [1.82, 2.24) is 0 Å². The third-order valence-corrected chi connectivity index (χ3v) is 5.38. The van der Waals surface area contributed by atoms with Gasteiger partial charge in [-0.05, 0) is 30.3 Å². The summed E-state index contributed by atoms with van der Waals surface area (Å²) < 4.78 is 5.95. The van der Waals surface area contributed by atoms with Gasteiger partial charge in [0.1, 0.15) is 10.6 Å². The van der Waals surface area contributed by atoms with Gasteiger partial charge in [0.2, 0.25) is 0 Å². The SMILES string of the molecule is COc1ccc(C(=O)O)cc1NC(=O)c1sc2cc(Cl)ccc2c1Cl. The summed E-state index contributed by atoms with van der Waals surface area (Å²) in [7, 11) is 1.43. The average Bonchev–Trinajstić information content (AvgIpc) is 2.90. The number of thiophene rings is 1. The predicted molar refractivity (Wildman–Crippen MR) is 99.8 cm³/mol. The Hall–Kier alpha value is -2.28. The van der Waals surface area contributed by atoms with Crippen LogP contribution in [0.4, 0.5) is 5.69 Å². The molecule has 1 aromatic heterocycles. The van der Waals surface area contributed by atoms with Crippen LogP contribution in [0.5, 0.6) is 5.75 Å². The second-order valence-corrected chi connectivity index (χ2v) is 6.93. The Morgan fingerprint density at radius 3 is 2.60 bits per heavy atom. The third-order valence-electron chi connectivity index (χ3n) is 3.49. The molecule has 3 rings (SSSR count). The van der Waals surface area contributed by atoms with Crippen LogP contribution >= 0.6 is 34.5 Å². The lowest BCUT2D eigenvalue weighted by atomic mass is 10.2. The maximum Gasteiger partial charge on any atom is 0.335 e. The molecule has 0 aliphatic rings. The highest BCUT2D eigenvalue weighted by atomic mass is 35.5. The molecule has 0 saturated heterocycles. The zero-order chi connectivity index (χ0) is 18.1. The number of anilines is 1. The topological polar surface area (TPSA) is 75.6 Å². The molecule has 0 fully saturated rings. The monoisotopic (exact) mass is 395 g/mol. The summed E-state index contributed by atoms with van der Waals surface area (Å²) in [6, 6.07) is 9.38. The zero-order valence-electron chi connectivity index (χ0n) is 12.8. The van der Waals surface area contributed by atoms with E-state index < -0.39 is 11.9 Å². The molecule has 25 heavy (non-hydrogen) atoms. The van der Waals surface area contributed by atoms with Crippen molar-refractivity contribution in [2.45, 2.75) is 0 Å². The Kier molecular flexibility index (Phi) is 4.85. The first kappa shape index (κ1) is 17.5. The molecule has 1 heterocycles. The van der Waals surface area contributed by atoms with Crippen molar-refractivity contribution in [3.63, 3.8) is 0 Å². The highest BCUT2D eigenvalue weighted by molar-refractivity contribution is 7.21. The van der Waals surface area contributed by atoms with E-state index in [1.807, 2.05) is 0 Å². The van der Waals surface area contributed by atoms with Gasteiger partial charge in [-0.2, -0.15) is 0 Å². The number of methoxy groups -OCH3 is 1. The number of carbonyl (C=O) groups is 2. The number of aromatic carboxylic acids is 1. The number of benzene rings is 2. The number of fused-ring (bicyclic) bond motifs is 1. The van der Waals surface area contributed by atoms with Gasteiger partial charge in [-0.15, -0.1) is 11.3 Å². The fraction of sp³-hybridized carbons (Fsp3) is 0.0588. The average molecular weight is 396 g/mol. The molecule has 8 heteroatoms. The van der Waals surface area contributed by atoms with Crippen molar-refractivity contribution < 1.29 is 19.4 Å². The van der Waals surface area contributed by atoms with Crippen LogP contribution in [0.3, 0.4) is 0 Å². The lowest BCUT2D eigenvalue weighted by molar-refractivity contribution is 0.0696. The maximum absolute atomic E-state index is 12.6. The molecule has 128 valence electrons. The largest absolute Gasteiger partial charge is 0.495 e. The van der Waals surface area contributed by atoms with Crippen molar-refractivity contribution in [1.29, 1.82) is 0 Å². The van der Waals surface area contributed by atoms with Gasteiger partial charge >= 0.3 is 5.97 Å². The standard InChI is InChI=1S/C17H11Cl2NO4S/c1-24-12-5-2-8(17(22)23)6-11(12)20-16(21)15-14(19)10-4-3-9(18)7-13(10)25-15/h2-7H,1H3,(H,20,21)(H,22,23). The molecule has 1 amide bonds. The van der Waals surface area contributed by atoms with E-state index in [0.717, 1.165) is 10.1 Å². The fourth-order valence-electron chi connectivity index (χ4n) is 2.30. The van der Waals surface area contributed by atoms with Crippen LogP contribution in [0.2, 0.25) is 10.0 Å². The minimum Gasteiger partial charge on any atom is -0.495 e. The van der Waals surface area contributed by atoms with Crippen molar-refractivity contribution in [3.05, 3.63) is 56.9 Å². The van der Waals surface area contributed by atoms with E-state index in [1.165, 1.54) is 36.6 Å². The van der Waals surface area contributed by atoms with Crippen molar-refractivity contribution >= 4 is 62.2 Å². The van der Waals surface area contributed by atoms with E-state index in [4.69, 9.17) is 33.0 Å². The maximum atomic E-state index is 12.6. The lowest BCUT2D eigenvalue weighted by Gasteiger charge is -2.10. The molecule has 0 radical (unpaired) electrons. The minimum atomic E-state index is -1.10. The molecule has 0 bridgehead atoms. The number of rotatable bonds is 4. The van der Waals surface area contributed by atoms with Crippen LogP contribution in [0, 0.1) is 0 Å². The number of nitrogens with one attached hydrogen (secondary N) is 1. The van der Waals surface area contributed by atoms with Crippen LogP contribution < -0.4 is 10.1 Å². The molecule has 2 aromatic carbocycles. The summed E-state index contributed by atoms with van der Waals surface area (Å²) in [5, 5.41) is 13.4. The van der Waals surface area contributed by atoms with Gasteiger partial charge in [0.05, 0.1) is 23.4 Å². The first-order valence-corrected chi connectivity index (χ1v) is 8.58. The van der Waals surface area contributed by atoms with E-state index in [9.17, 15) is 9.59 Å². The quantitative estimate of drug-likeness (QED) is 0.638. The van der Waals surface area contributed by atoms with E-state index in [-0.39, 0.29) is 11.3 Å². The fourth-order valence-corrected chi connectivity index (χ4v) is 3.99. The summed E-state index contributed by atoms with van der Waals surface area (Å²) in [6.45, 7) is 0. The van der Waals surface area contributed by atoms with Gasteiger partial charge in [-0.25, -0.2) is 4.79 Å². The Morgan fingerprint density at radius 1 is 1.16 bits per heavy atom. The summed E-state index contributed by atoms with van der Waals surface area (Å²) in [4.78, 5) is 24.1. The summed E-state index contributed by atoms with van der Waals surface area (Å²) in [5.74, 6) is -1.21. The van der Waals surface area contributed by atoms with E-state index >= 15 is 0 Å². The smallest absolute Gasteiger partial charge is 0.335 e. The van der Waals surface area contributed by atoms with Crippen LogP contribution in [-0.2, 0) is 0 Å². The molecule has 3 aromatic rings. The molecule has 0 unspecified atom stereocenters. The number of ether oxygens (including phenoxy) is 1. The van der Waals surface area contributed by atoms with Crippen LogP contribution in [0.25, 0.3) is 10.1 Å². The van der Waals surface area contributed by atoms with E-state index in [1.54, 1.807) is 18.2 Å². The normalized spacial score (nSPS) is 10.7. The highest BCUT2D eigenvalue weighted by Gasteiger charge is 2.19. The first-order chi connectivity index (χ1) is 11.9. The van der Waals surface area contributed by atoms with Gasteiger partial charge in [-0.3, -0.25) is 4.79 Å². The minimum absolute atomic E-state index is 0.0327. The molecular weight excluding hydrogens is 385 g/mol. The molecule has 0 saturated carbocycles. The van der Waals surface area contributed by atoms with E-state index in [2.05, 4.69) is 5.32 Å². The second-order valence-electron chi connectivity index (χ2n) is 5.06. The highest BCUT2D eigenvalue weighted by Crippen LogP contribution is 2.37. The number of carboxylic acids is 1. The lowest BCUT2D eigenvalue weighted by Crippen LogP contribution is -2.12. The molecule has 0 aliphatic carbocycles. The molecular formula is C17H11Cl2NO4S. The first-order valence-electron chi connectivity index (χ1n) is 7.01. The Balaban J connectivity index is 1.99. The van der Waals surface area contributed by atoms with Gasteiger partial charge in [0, 0.05) is 15.1 Å². The number of hydrogen-bond acceptors (Lipinski definition) is 4. The third kappa shape index (κ3) is 3.42. The van der Waals surface area contributed by atoms with Crippen molar-refractivity contribution in [2.75, 3.05) is 12.4 Å². The summed E-state index contributed by atoms with van der Waals surface area (Å²) in [5.41, 5.74) is 0.282. The van der Waals surface area contributed by atoms with Crippen LogP contribution in [-0.4, -0.2) is 24.1 Å². The Labute approximate surface area is 156 Å². The van der Waals surface area contributed by atoms with Gasteiger partial charge in [0.15, 0.2) is 0 Å². The van der Waals surface area contributed by atoms with Gasteiger partial charge < -0.3 is 15.2 Å². The number of carboxylic acid groups (broad SMARTS) is 1. The Morgan fingerprint density at radius 2 is 1.92 bits per heavy atom. The number of hydrogen-bond donors (Lipinski definition) is 2. The number of carbonyl (C=O) groups excluding carboxylic acids is 1. The summed E-state index contributed by atoms with van der Waals surface area (Å²) in [6.07, 6.45) is 0. The molecule has 2 N–H and O–H groups in total. The summed E-state index contributed by atoms with van der Waals surface area (Å²) >= 11 is 13.5. The van der Waals surface area contributed by atoms with Crippen molar-refractivity contribution in [2.24, 2.45) is 0 Å². The predicted octanol–water partition coefficient (Wildman–Crippen LogP) is 5.17. The van der Waals surface area contributed by atoms with Crippen LogP contribution in [0.15, 0.2) is 36.4 Å². The Bertz CT molecular complexity index is 1000. The van der Waals surface area contributed by atoms with Gasteiger partial charge in [0.25, 0.3) is 5.91 Å². The number of amides is 1. The van der Waals surface area contributed by atoms with Crippen LogP contribution in [0.1, 0.15) is 20.0 Å². The number of halogens is 2. The van der Waals surface area contributed by atoms with Gasteiger partial charge in [-0.1, -0.05) is 29.3 Å². The second kappa shape index (κ2) is 6.92.